The van der Waals surface area contributed by atoms with Gasteiger partial charge in [-0.3, -0.25) is 0 Å². The topological polar surface area (TPSA) is 41.5 Å². The van der Waals surface area contributed by atoms with Crippen LogP contribution < -0.4 is 10.1 Å². The average Bonchev–Trinajstić information content (AvgIpc) is 2.53. The summed E-state index contributed by atoms with van der Waals surface area (Å²) in [5.74, 6) is 0.944. The van der Waals surface area contributed by atoms with E-state index in [0.29, 0.717) is 12.3 Å². The van der Waals surface area contributed by atoms with Gasteiger partial charge in [0.05, 0.1) is 7.11 Å². The fraction of sp³-hybridized carbons (Fsp3) is 0.333. The number of benzene rings is 2. The summed E-state index contributed by atoms with van der Waals surface area (Å²) < 4.78 is 5.11. The van der Waals surface area contributed by atoms with Crippen LogP contribution in [-0.2, 0) is 19.4 Å². The standard InChI is InChI=1S/C18H21NO2/c1-21-15-10-9-14(18(20)11-15)12-19-17-8-4-6-13-5-2-3-7-16(13)17/h4,6,8-11,19-20H,2-3,5,7,12H2,1H3. The molecule has 0 heterocycles. The molecule has 2 aromatic carbocycles. The van der Waals surface area contributed by atoms with Crippen LogP contribution in [-0.4, -0.2) is 12.2 Å². The maximum atomic E-state index is 10.0. The van der Waals surface area contributed by atoms with Crippen LogP contribution in [0.4, 0.5) is 5.69 Å². The van der Waals surface area contributed by atoms with E-state index in [1.54, 1.807) is 13.2 Å². The summed E-state index contributed by atoms with van der Waals surface area (Å²) in [5.41, 5.74) is 4.98. The monoisotopic (exact) mass is 283 g/mol. The predicted octanol–water partition coefficient (Wildman–Crippen LogP) is 3.89. The molecule has 1 aliphatic carbocycles. The second kappa shape index (κ2) is 6.08. The van der Waals surface area contributed by atoms with Gasteiger partial charge in [0.15, 0.2) is 0 Å². The molecular weight excluding hydrogens is 262 g/mol. The average molecular weight is 283 g/mol. The normalized spacial score (nSPS) is 13.6. The van der Waals surface area contributed by atoms with Crippen molar-refractivity contribution in [2.75, 3.05) is 12.4 Å². The third-order valence-electron chi connectivity index (χ3n) is 4.16. The molecule has 0 saturated heterocycles. The summed E-state index contributed by atoms with van der Waals surface area (Å²) in [5, 5.41) is 13.5. The Kier molecular flexibility index (Phi) is 4.00. The first-order valence-corrected chi connectivity index (χ1v) is 7.48. The third-order valence-corrected chi connectivity index (χ3v) is 4.16. The highest BCUT2D eigenvalue weighted by molar-refractivity contribution is 5.56. The zero-order valence-corrected chi connectivity index (χ0v) is 12.4. The molecule has 0 bridgehead atoms. The Bertz CT molecular complexity index is 637. The molecule has 0 spiro atoms. The molecule has 110 valence electrons. The Morgan fingerprint density at radius 1 is 1.14 bits per heavy atom. The number of phenols is 1. The van der Waals surface area contributed by atoms with Gasteiger partial charge in [-0.15, -0.1) is 0 Å². The maximum Gasteiger partial charge on any atom is 0.124 e. The Labute approximate surface area is 125 Å². The maximum absolute atomic E-state index is 10.0. The summed E-state index contributed by atoms with van der Waals surface area (Å²) in [6.07, 6.45) is 4.88. The lowest BCUT2D eigenvalue weighted by Gasteiger charge is -2.20. The molecule has 0 saturated carbocycles. The summed E-state index contributed by atoms with van der Waals surface area (Å²) in [4.78, 5) is 0. The van der Waals surface area contributed by atoms with Gasteiger partial charge in [0, 0.05) is 23.9 Å². The van der Waals surface area contributed by atoms with Crippen molar-refractivity contribution in [3.63, 3.8) is 0 Å². The van der Waals surface area contributed by atoms with Crippen LogP contribution >= 0.6 is 0 Å². The summed E-state index contributed by atoms with van der Waals surface area (Å²) in [6, 6.07) is 11.9. The van der Waals surface area contributed by atoms with Crippen molar-refractivity contribution in [3.8, 4) is 11.5 Å². The molecule has 0 aromatic heterocycles. The molecule has 0 radical (unpaired) electrons. The molecule has 3 rings (SSSR count). The van der Waals surface area contributed by atoms with Gasteiger partial charge in [-0.25, -0.2) is 0 Å². The van der Waals surface area contributed by atoms with Gasteiger partial charge < -0.3 is 15.2 Å². The van der Waals surface area contributed by atoms with E-state index in [2.05, 4.69) is 23.5 Å². The van der Waals surface area contributed by atoms with Crippen LogP contribution in [0.2, 0.25) is 0 Å². The minimum absolute atomic E-state index is 0.270. The molecule has 1 aliphatic rings. The van der Waals surface area contributed by atoms with Crippen LogP contribution in [0.5, 0.6) is 11.5 Å². The quantitative estimate of drug-likeness (QED) is 0.894. The summed E-state index contributed by atoms with van der Waals surface area (Å²) in [6.45, 7) is 0.617. The van der Waals surface area contributed by atoms with Gasteiger partial charge in [-0.05, 0) is 55.0 Å². The molecule has 0 unspecified atom stereocenters. The molecule has 3 heteroatoms. The Hall–Kier alpha value is -2.16. The molecule has 0 aliphatic heterocycles. The number of nitrogens with one attached hydrogen (secondary N) is 1. The molecule has 2 N–H and O–H groups in total. The molecular formula is C18H21NO2. The molecule has 3 nitrogen and oxygen atoms in total. The van der Waals surface area contributed by atoms with E-state index < -0.39 is 0 Å². The van der Waals surface area contributed by atoms with Crippen LogP contribution in [0.1, 0.15) is 29.5 Å². The minimum atomic E-state index is 0.270. The van der Waals surface area contributed by atoms with Crippen LogP contribution in [0.3, 0.4) is 0 Å². The summed E-state index contributed by atoms with van der Waals surface area (Å²) >= 11 is 0. The first-order chi connectivity index (χ1) is 10.3. The smallest absolute Gasteiger partial charge is 0.124 e. The van der Waals surface area contributed by atoms with E-state index in [9.17, 15) is 5.11 Å². The first-order valence-electron chi connectivity index (χ1n) is 7.48. The number of hydrogen-bond donors (Lipinski definition) is 2. The number of rotatable bonds is 4. The van der Waals surface area contributed by atoms with Gasteiger partial charge in [0.1, 0.15) is 11.5 Å². The van der Waals surface area contributed by atoms with Crippen LogP contribution in [0.25, 0.3) is 0 Å². The van der Waals surface area contributed by atoms with Crippen LogP contribution in [0, 0.1) is 0 Å². The zero-order chi connectivity index (χ0) is 14.7. The van der Waals surface area contributed by atoms with E-state index in [0.717, 1.165) is 12.0 Å². The molecule has 21 heavy (non-hydrogen) atoms. The van der Waals surface area contributed by atoms with E-state index >= 15 is 0 Å². The number of hydrogen-bond acceptors (Lipinski definition) is 3. The SMILES string of the molecule is COc1ccc(CNc2cccc3c2CCCC3)c(O)c1. The van der Waals surface area contributed by atoms with Gasteiger partial charge in [0.25, 0.3) is 0 Å². The van der Waals surface area contributed by atoms with Crippen molar-refractivity contribution in [1.29, 1.82) is 0 Å². The lowest BCUT2D eigenvalue weighted by atomic mass is 9.90. The molecule has 0 fully saturated rings. The number of aromatic hydroxyl groups is 1. The number of phenolic OH excluding ortho intramolecular Hbond substituents is 1. The fourth-order valence-electron chi connectivity index (χ4n) is 2.96. The fourth-order valence-corrected chi connectivity index (χ4v) is 2.96. The molecule has 2 aromatic rings. The largest absolute Gasteiger partial charge is 0.507 e. The van der Waals surface area contributed by atoms with Crippen molar-refractivity contribution in [2.45, 2.75) is 32.2 Å². The molecule has 0 amide bonds. The number of anilines is 1. The van der Waals surface area contributed by atoms with E-state index in [1.165, 1.54) is 36.1 Å². The van der Waals surface area contributed by atoms with Crippen LogP contribution in [0.15, 0.2) is 36.4 Å². The zero-order valence-electron chi connectivity index (χ0n) is 12.4. The van der Waals surface area contributed by atoms with Crippen molar-refractivity contribution >= 4 is 5.69 Å². The highest BCUT2D eigenvalue weighted by atomic mass is 16.5. The minimum Gasteiger partial charge on any atom is -0.507 e. The van der Waals surface area contributed by atoms with E-state index in [4.69, 9.17) is 4.74 Å². The van der Waals surface area contributed by atoms with E-state index in [1.807, 2.05) is 12.1 Å². The van der Waals surface area contributed by atoms with Crippen molar-refractivity contribution < 1.29 is 9.84 Å². The van der Waals surface area contributed by atoms with Crippen molar-refractivity contribution in [2.24, 2.45) is 0 Å². The van der Waals surface area contributed by atoms with E-state index in [-0.39, 0.29) is 5.75 Å². The number of ether oxygens (including phenoxy) is 1. The van der Waals surface area contributed by atoms with Gasteiger partial charge >= 0.3 is 0 Å². The van der Waals surface area contributed by atoms with Gasteiger partial charge in [0.2, 0.25) is 0 Å². The van der Waals surface area contributed by atoms with Crippen molar-refractivity contribution in [3.05, 3.63) is 53.1 Å². The predicted molar refractivity (Wildman–Crippen MR) is 85.1 cm³/mol. The Balaban J connectivity index is 1.76. The second-order valence-corrected chi connectivity index (χ2v) is 5.50. The molecule has 0 atom stereocenters. The number of aryl methyl sites for hydroxylation is 1. The number of methoxy groups -OCH3 is 1. The first kappa shape index (κ1) is 13.8. The van der Waals surface area contributed by atoms with Gasteiger partial charge in [-0.1, -0.05) is 12.1 Å². The Morgan fingerprint density at radius 3 is 2.81 bits per heavy atom. The third kappa shape index (κ3) is 2.97. The number of fused-ring (bicyclic) bond motifs is 1. The lowest BCUT2D eigenvalue weighted by molar-refractivity contribution is 0.406. The van der Waals surface area contributed by atoms with Crippen molar-refractivity contribution in [1.82, 2.24) is 0 Å². The lowest BCUT2D eigenvalue weighted by Crippen LogP contribution is -2.08. The second-order valence-electron chi connectivity index (χ2n) is 5.50. The Morgan fingerprint density at radius 2 is 2.00 bits per heavy atom. The highest BCUT2D eigenvalue weighted by Crippen LogP contribution is 2.29. The van der Waals surface area contributed by atoms with Gasteiger partial charge in [-0.2, -0.15) is 0 Å². The highest BCUT2D eigenvalue weighted by Gasteiger charge is 2.13. The summed E-state index contributed by atoms with van der Waals surface area (Å²) in [7, 11) is 1.60.